The largest absolute Gasteiger partial charge is 0.452 e. The summed E-state index contributed by atoms with van der Waals surface area (Å²) in [5, 5.41) is 2.72. The van der Waals surface area contributed by atoms with Crippen molar-refractivity contribution in [1.82, 2.24) is 4.98 Å². The van der Waals surface area contributed by atoms with E-state index in [2.05, 4.69) is 15.0 Å². The van der Waals surface area contributed by atoms with E-state index in [1.54, 1.807) is 0 Å². The molecule has 0 aliphatic carbocycles. The van der Waals surface area contributed by atoms with Crippen LogP contribution in [-0.4, -0.2) is 23.5 Å². The van der Waals surface area contributed by atoms with Crippen LogP contribution in [0.3, 0.4) is 0 Å². The van der Waals surface area contributed by atoms with Gasteiger partial charge in [-0.05, 0) is 30.3 Å². The Bertz CT molecular complexity index is 748. The van der Waals surface area contributed by atoms with Gasteiger partial charge in [0, 0.05) is 6.20 Å². The van der Waals surface area contributed by atoms with E-state index in [1.807, 2.05) is 0 Å². The van der Waals surface area contributed by atoms with E-state index < -0.39 is 30.2 Å². The maximum Gasteiger partial charge on any atom is 0.416 e. The number of anilines is 1. The summed E-state index contributed by atoms with van der Waals surface area (Å²) in [7, 11) is 0. The lowest BCUT2D eigenvalue weighted by atomic mass is 10.1. The fraction of sp³-hybridized carbons (Fsp3) is 0.133. The van der Waals surface area contributed by atoms with Crippen molar-refractivity contribution in [3.05, 3.63) is 58.7 Å². The number of pyridine rings is 1. The Hall–Kier alpha value is -2.61. The molecule has 0 radical (unpaired) electrons. The number of amides is 1. The van der Waals surface area contributed by atoms with Crippen LogP contribution in [0.2, 0.25) is 5.02 Å². The van der Waals surface area contributed by atoms with Gasteiger partial charge in [-0.15, -0.1) is 0 Å². The van der Waals surface area contributed by atoms with Crippen molar-refractivity contribution in [2.24, 2.45) is 0 Å². The molecule has 1 amide bonds. The molecule has 9 heteroatoms. The average Bonchev–Trinajstić information content (AvgIpc) is 2.54. The van der Waals surface area contributed by atoms with Gasteiger partial charge in [0.2, 0.25) is 0 Å². The molecule has 24 heavy (non-hydrogen) atoms. The average molecular weight is 359 g/mol. The van der Waals surface area contributed by atoms with Crippen LogP contribution in [0.1, 0.15) is 15.9 Å². The summed E-state index contributed by atoms with van der Waals surface area (Å²) in [6.45, 7) is -0.667. The molecule has 0 aliphatic rings. The first-order valence-corrected chi connectivity index (χ1v) is 6.89. The van der Waals surface area contributed by atoms with Crippen LogP contribution < -0.4 is 5.32 Å². The Balaban J connectivity index is 1.93. The van der Waals surface area contributed by atoms with E-state index >= 15 is 0 Å². The molecular formula is C15H10ClF3N2O3. The zero-order chi connectivity index (χ0) is 17.7. The van der Waals surface area contributed by atoms with E-state index in [1.165, 1.54) is 18.3 Å². The Morgan fingerprint density at radius 1 is 1.21 bits per heavy atom. The molecule has 2 aromatic rings. The maximum atomic E-state index is 12.6. The fourth-order valence-corrected chi connectivity index (χ4v) is 1.78. The van der Waals surface area contributed by atoms with Gasteiger partial charge in [0.05, 0.1) is 16.1 Å². The SMILES string of the molecule is O=C(COC(=O)c1cccc(C(F)(F)F)c1)Nc1ccc(Cl)cn1. The van der Waals surface area contributed by atoms with Crippen molar-refractivity contribution >= 4 is 29.3 Å². The summed E-state index contributed by atoms with van der Waals surface area (Å²) in [5.41, 5.74) is -1.28. The number of nitrogens with zero attached hydrogens (tertiary/aromatic N) is 1. The lowest BCUT2D eigenvalue weighted by Crippen LogP contribution is -2.21. The van der Waals surface area contributed by atoms with Gasteiger partial charge in [0.15, 0.2) is 6.61 Å². The Kier molecular flexibility index (Phi) is 5.40. The third-order valence-electron chi connectivity index (χ3n) is 2.75. The van der Waals surface area contributed by atoms with E-state index in [0.717, 1.165) is 18.2 Å². The second-order valence-electron chi connectivity index (χ2n) is 4.56. The number of nitrogens with one attached hydrogen (secondary N) is 1. The van der Waals surface area contributed by atoms with Crippen LogP contribution in [-0.2, 0) is 15.7 Å². The standard InChI is InChI=1S/C15H10ClF3N2O3/c16-11-4-5-12(20-7-11)21-13(22)8-24-14(23)9-2-1-3-10(6-9)15(17,18)19/h1-7H,8H2,(H,20,21,22). The van der Waals surface area contributed by atoms with Crippen molar-refractivity contribution in [2.75, 3.05) is 11.9 Å². The highest BCUT2D eigenvalue weighted by molar-refractivity contribution is 6.30. The topological polar surface area (TPSA) is 68.3 Å². The molecule has 0 saturated carbocycles. The minimum atomic E-state index is -4.58. The van der Waals surface area contributed by atoms with Crippen molar-refractivity contribution in [2.45, 2.75) is 6.18 Å². The molecule has 1 heterocycles. The normalized spacial score (nSPS) is 11.0. The summed E-state index contributed by atoms with van der Waals surface area (Å²) < 4.78 is 42.4. The molecule has 126 valence electrons. The van der Waals surface area contributed by atoms with Gasteiger partial charge in [-0.25, -0.2) is 9.78 Å². The molecule has 0 atom stereocenters. The van der Waals surface area contributed by atoms with E-state index in [4.69, 9.17) is 11.6 Å². The summed E-state index contributed by atoms with van der Waals surface area (Å²) in [6.07, 6.45) is -3.26. The monoisotopic (exact) mass is 358 g/mol. The molecule has 0 saturated heterocycles. The summed E-state index contributed by atoms with van der Waals surface area (Å²) in [4.78, 5) is 27.2. The maximum absolute atomic E-state index is 12.6. The first kappa shape index (κ1) is 17.7. The fourth-order valence-electron chi connectivity index (χ4n) is 1.67. The number of rotatable bonds is 4. The number of benzene rings is 1. The number of hydrogen-bond donors (Lipinski definition) is 1. The smallest absolute Gasteiger partial charge is 0.416 e. The minimum Gasteiger partial charge on any atom is -0.452 e. The first-order valence-electron chi connectivity index (χ1n) is 6.51. The molecule has 0 bridgehead atoms. The van der Waals surface area contributed by atoms with Crippen molar-refractivity contribution in [3.8, 4) is 0 Å². The summed E-state index contributed by atoms with van der Waals surface area (Å²) in [5.74, 6) is -1.54. The van der Waals surface area contributed by atoms with Crippen molar-refractivity contribution < 1.29 is 27.5 Å². The van der Waals surface area contributed by atoms with Gasteiger partial charge >= 0.3 is 12.1 Å². The van der Waals surface area contributed by atoms with Crippen LogP contribution in [0.4, 0.5) is 19.0 Å². The quantitative estimate of drug-likeness (QED) is 0.849. The van der Waals surface area contributed by atoms with E-state index in [0.29, 0.717) is 11.1 Å². The molecule has 1 aromatic carbocycles. The number of halogens is 4. The Labute approximate surface area is 139 Å². The number of alkyl halides is 3. The van der Waals surface area contributed by atoms with E-state index in [9.17, 15) is 22.8 Å². The van der Waals surface area contributed by atoms with Gasteiger partial charge in [-0.3, -0.25) is 4.79 Å². The molecular weight excluding hydrogens is 349 g/mol. The second-order valence-corrected chi connectivity index (χ2v) is 5.00. The lowest BCUT2D eigenvalue weighted by Gasteiger charge is -2.09. The van der Waals surface area contributed by atoms with Crippen molar-refractivity contribution in [1.29, 1.82) is 0 Å². The highest BCUT2D eigenvalue weighted by atomic mass is 35.5. The molecule has 0 aliphatic heterocycles. The Morgan fingerprint density at radius 3 is 2.58 bits per heavy atom. The first-order chi connectivity index (χ1) is 11.3. The van der Waals surface area contributed by atoms with Crippen LogP contribution >= 0.6 is 11.6 Å². The number of ether oxygens (including phenoxy) is 1. The molecule has 1 N–H and O–H groups in total. The van der Waals surface area contributed by atoms with Crippen molar-refractivity contribution in [3.63, 3.8) is 0 Å². The zero-order valence-corrected chi connectivity index (χ0v) is 12.7. The third-order valence-corrected chi connectivity index (χ3v) is 2.98. The molecule has 0 spiro atoms. The highest BCUT2D eigenvalue weighted by Gasteiger charge is 2.31. The molecule has 1 aromatic heterocycles. The predicted molar refractivity (Wildman–Crippen MR) is 79.6 cm³/mol. The van der Waals surface area contributed by atoms with Crippen LogP contribution in [0.5, 0.6) is 0 Å². The predicted octanol–water partition coefficient (Wildman–Crippen LogP) is 3.55. The summed E-state index contributed by atoms with van der Waals surface area (Å²) >= 11 is 5.64. The number of carbonyl (C=O) groups excluding carboxylic acids is 2. The second kappa shape index (κ2) is 7.31. The molecule has 0 fully saturated rings. The van der Waals surface area contributed by atoms with Crippen LogP contribution in [0, 0.1) is 0 Å². The molecule has 5 nitrogen and oxygen atoms in total. The van der Waals surface area contributed by atoms with Gasteiger partial charge in [0.1, 0.15) is 5.82 Å². The third kappa shape index (κ3) is 4.95. The lowest BCUT2D eigenvalue weighted by molar-refractivity contribution is -0.137. The van der Waals surface area contributed by atoms with Gasteiger partial charge in [0.25, 0.3) is 5.91 Å². The molecule has 0 unspecified atom stereocenters. The molecule has 2 rings (SSSR count). The van der Waals surface area contributed by atoms with Gasteiger partial charge < -0.3 is 10.1 Å². The zero-order valence-electron chi connectivity index (χ0n) is 11.9. The summed E-state index contributed by atoms with van der Waals surface area (Å²) in [6, 6.07) is 6.66. The minimum absolute atomic E-state index is 0.194. The number of carbonyl (C=O) groups is 2. The van der Waals surface area contributed by atoms with Gasteiger partial charge in [-0.2, -0.15) is 13.2 Å². The number of esters is 1. The highest BCUT2D eigenvalue weighted by Crippen LogP contribution is 2.29. The van der Waals surface area contributed by atoms with Crippen LogP contribution in [0.15, 0.2) is 42.6 Å². The van der Waals surface area contributed by atoms with E-state index in [-0.39, 0.29) is 11.4 Å². The van der Waals surface area contributed by atoms with Crippen LogP contribution in [0.25, 0.3) is 0 Å². The number of aromatic nitrogens is 1. The number of hydrogen-bond acceptors (Lipinski definition) is 4. The van der Waals surface area contributed by atoms with Gasteiger partial charge in [-0.1, -0.05) is 17.7 Å². The Morgan fingerprint density at radius 2 is 1.96 bits per heavy atom.